The first kappa shape index (κ1) is 16.8. The molecule has 4 aromatic rings. The number of fused-ring (bicyclic) bond motifs is 2. The summed E-state index contributed by atoms with van der Waals surface area (Å²) in [6.07, 6.45) is 0. The summed E-state index contributed by atoms with van der Waals surface area (Å²) < 4.78 is 17.4. The number of amides is 1. The Hall–Kier alpha value is -3.39. The average molecular weight is 393 g/mol. The van der Waals surface area contributed by atoms with Gasteiger partial charge >= 0.3 is 0 Å². The zero-order valence-corrected chi connectivity index (χ0v) is 15.7. The van der Waals surface area contributed by atoms with Crippen LogP contribution in [0.1, 0.15) is 16.1 Å². The molecule has 2 aromatic carbocycles. The minimum atomic E-state index is -0.311. The highest BCUT2D eigenvalue weighted by molar-refractivity contribution is 7.22. The van der Waals surface area contributed by atoms with Crippen molar-refractivity contribution < 1.29 is 18.8 Å². The van der Waals surface area contributed by atoms with Crippen LogP contribution in [0.3, 0.4) is 0 Å². The lowest BCUT2D eigenvalue weighted by Gasteiger charge is -2.17. The first-order valence-electron chi connectivity index (χ1n) is 8.72. The van der Waals surface area contributed by atoms with Crippen LogP contribution in [0.5, 0.6) is 11.5 Å². The number of ether oxygens (including phenoxy) is 2. The van der Waals surface area contributed by atoms with E-state index in [0.29, 0.717) is 46.9 Å². The standard InChI is InChI=1S/C20H15N3O4S/c1-11-17(18(23-27-11)12-5-3-2-4-6-12)19(24)22-20-21-13-9-14-15(10-16(13)28-20)26-8-7-25-14/h2-6,9-10H,7-8H2,1H3,(H,21,22,24). The van der Waals surface area contributed by atoms with Crippen molar-refractivity contribution in [3.05, 3.63) is 53.8 Å². The Balaban J connectivity index is 1.47. The van der Waals surface area contributed by atoms with Gasteiger partial charge in [-0.05, 0) is 6.92 Å². The van der Waals surface area contributed by atoms with Crippen LogP contribution in [-0.4, -0.2) is 29.3 Å². The van der Waals surface area contributed by atoms with Crippen molar-refractivity contribution >= 4 is 32.6 Å². The van der Waals surface area contributed by atoms with Gasteiger partial charge < -0.3 is 14.0 Å². The van der Waals surface area contributed by atoms with Crippen LogP contribution in [-0.2, 0) is 0 Å². The highest BCUT2D eigenvalue weighted by atomic mass is 32.1. The molecule has 0 aliphatic carbocycles. The normalized spacial score (nSPS) is 12.9. The number of hydrogen-bond acceptors (Lipinski definition) is 7. The van der Waals surface area contributed by atoms with E-state index in [2.05, 4.69) is 15.5 Å². The van der Waals surface area contributed by atoms with E-state index < -0.39 is 0 Å². The number of aryl methyl sites for hydroxylation is 1. The molecule has 1 N–H and O–H groups in total. The van der Waals surface area contributed by atoms with Gasteiger partial charge in [0.1, 0.15) is 30.2 Å². The summed E-state index contributed by atoms with van der Waals surface area (Å²) in [4.78, 5) is 17.4. The molecular weight excluding hydrogens is 378 g/mol. The number of thiazole rings is 1. The van der Waals surface area contributed by atoms with Gasteiger partial charge in [0, 0.05) is 17.7 Å². The van der Waals surface area contributed by atoms with E-state index in [-0.39, 0.29) is 5.91 Å². The summed E-state index contributed by atoms with van der Waals surface area (Å²) in [6, 6.07) is 13.2. The molecule has 0 fully saturated rings. The van der Waals surface area contributed by atoms with Crippen LogP contribution < -0.4 is 14.8 Å². The van der Waals surface area contributed by atoms with Crippen LogP contribution >= 0.6 is 11.3 Å². The summed E-state index contributed by atoms with van der Waals surface area (Å²) in [5.74, 6) is 1.51. The van der Waals surface area contributed by atoms with Crippen molar-refractivity contribution in [1.29, 1.82) is 0 Å². The molecule has 140 valence electrons. The molecule has 0 spiro atoms. The summed E-state index contributed by atoms with van der Waals surface area (Å²) in [5.41, 5.74) is 2.47. The van der Waals surface area contributed by atoms with E-state index >= 15 is 0 Å². The molecule has 7 nitrogen and oxygen atoms in total. The molecule has 0 atom stereocenters. The second kappa shape index (κ2) is 6.65. The highest BCUT2D eigenvalue weighted by Gasteiger charge is 2.23. The average Bonchev–Trinajstić information content (AvgIpc) is 3.29. The van der Waals surface area contributed by atoms with Crippen molar-refractivity contribution in [1.82, 2.24) is 10.1 Å². The Labute approximate surface area is 163 Å². The second-order valence-electron chi connectivity index (χ2n) is 6.27. The highest BCUT2D eigenvalue weighted by Crippen LogP contribution is 2.38. The van der Waals surface area contributed by atoms with Gasteiger partial charge in [0.05, 0.1) is 10.2 Å². The third kappa shape index (κ3) is 2.87. The van der Waals surface area contributed by atoms with Crippen molar-refractivity contribution in [3.8, 4) is 22.8 Å². The van der Waals surface area contributed by atoms with Gasteiger partial charge in [0.25, 0.3) is 5.91 Å². The zero-order chi connectivity index (χ0) is 19.1. The fraction of sp³-hybridized carbons (Fsp3) is 0.150. The Morgan fingerprint density at radius 2 is 1.86 bits per heavy atom. The van der Waals surface area contributed by atoms with E-state index in [1.54, 1.807) is 6.92 Å². The maximum atomic E-state index is 12.9. The van der Waals surface area contributed by atoms with Gasteiger partial charge in [0.15, 0.2) is 16.6 Å². The van der Waals surface area contributed by atoms with Gasteiger partial charge in [0.2, 0.25) is 0 Å². The number of aromatic nitrogens is 2. The summed E-state index contributed by atoms with van der Waals surface area (Å²) in [5, 5.41) is 7.41. The quantitative estimate of drug-likeness (QED) is 0.559. The molecule has 1 amide bonds. The van der Waals surface area contributed by atoms with E-state index in [9.17, 15) is 4.79 Å². The number of nitrogens with one attached hydrogen (secondary N) is 1. The van der Waals surface area contributed by atoms with E-state index in [4.69, 9.17) is 14.0 Å². The van der Waals surface area contributed by atoms with Crippen molar-refractivity contribution in [3.63, 3.8) is 0 Å². The first-order chi connectivity index (χ1) is 13.7. The molecule has 8 heteroatoms. The fourth-order valence-corrected chi connectivity index (χ4v) is 3.98. The minimum absolute atomic E-state index is 0.311. The third-order valence-electron chi connectivity index (χ3n) is 4.41. The number of carbonyl (C=O) groups excluding carboxylic acids is 1. The number of rotatable bonds is 3. The van der Waals surface area contributed by atoms with Gasteiger partial charge in [-0.15, -0.1) is 0 Å². The Bertz CT molecular complexity index is 1140. The third-order valence-corrected chi connectivity index (χ3v) is 5.34. The van der Waals surface area contributed by atoms with Crippen molar-refractivity contribution in [2.75, 3.05) is 18.5 Å². The van der Waals surface area contributed by atoms with E-state index in [1.165, 1.54) is 11.3 Å². The predicted molar refractivity (Wildman–Crippen MR) is 105 cm³/mol. The molecule has 0 unspecified atom stereocenters. The lowest BCUT2D eigenvalue weighted by Crippen LogP contribution is -2.15. The number of carbonyl (C=O) groups is 1. The number of benzene rings is 2. The van der Waals surface area contributed by atoms with Crippen LogP contribution in [0.15, 0.2) is 47.0 Å². The Morgan fingerprint density at radius 3 is 2.64 bits per heavy atom. The molecule has 5 rings (SSSR count). The predicted octanol–water partition coefficient (Wildman–Crippen LogP) is 4.28. The molecule has 2 aromatic heterocycles. The monoisotopic (exact) mass is 393 g/mol. The summed E-state index contributed by atoms with van der Waals surface area (Å²) in [7, 11) is 0. The second-order valence-corrected chi connectivity index (χ2v) is 7.30. The maximum absolute atomic E-state index is 12.9. The van der Waals surface area contributed by atoms with E-state index in [0.717, 1.165) is 15.8 Å². The smallest absolute Gasteiger partial charge is 0.263 e. The number of hydrogen-bond donors (Lipinski definition) is 1. The van der Waals surface area contributed by atoms with Crippen LogP contribution in [0, 0.1) is 6.92 Å². The molecule has 0 saturated carbocycles. The Morgan fingerprint density at radius 1 is 1.11 bits per heavy atom. The molecule has 0 saturated heterocycles. The van der Waals surface area contributed by atoms with Crippen LogP contribution in [0.25, 0.3) is 21.5 Å². The molecule has 1 aliphatic heterocycles. The first-order valence-corrected chi connectivity index (χ1v) is 9.54. The molecule has 3 heterocycles. The topological polar surface area (TPSA) is 86.5 Å². The van der Waals surface area contributed by atoms with Crippen molar-refractivity contribution in [2.45, 2.75) is 6.92 Å². The molecule has 1 aliphatic rings. The lowest BCUT2D eigenvalue weighted by atomic mass is 10.1. The molecule has 0 bridgehead atoms. The molecule has 0 radical (unpaired) electrons. The van der Waals surface area contributed by atoms with Gasteiger partial charge in [-0.2, -0.15) is 0 Å². The summed E-state index contributed by atoms with van der Waals surface area (Å²) >= 11 is 1.37. The minimum Gasteiger partial charge on any atom is -0.486 e. The fourth-order valence-electron chi connectivity index (χ4n) is 3.11. The molecule has 28 heavy (non-hydrogen) atoms. The van der Waals surface area contributed by atoms with Gasteiger partial charge in [-0.1, -0.05) is 46.8 Å². The van der Waals surface area contributed by atoms with Crippen LogP contribution in [0.4, 0.5) is 5.13 Å². The van der Waals surface area contributed by atoms with Gasteiger partial charge in [-0.25, -0.2) is 4.98 Å². The molecular formula is C20H15N3O4S. The number of anilines is 1. The van der Waals surface area contributed by atoms with Crippen molar-refractivity contribution in [2.24, 2.45) is 0 Å². The maximum Gasteiger partial charge on any atom is 0.263 e. The van der Waals surface area contributed by atoms with Gasteiger partial charge in [-0.3, -0.25) is 10.1 Å². The van der Waals surface area contributed by atoms with E-state index in [1.807, 2.05) is 42.5 Å². The SMILES string of the molecule is Cc1onc(-c2ccccc2)c1C(=O)Nc1nc2cc3c(cc2s1)OCCO3. The largest absolute Gasteiger partial charge is 0.486 e. The summed E-state index contributed by atoms with van der Waals surface area (Å²) in [6.45, 7) is 2.76. The number of nitrogens with zero attached hydrogens (tertiary/aromatic N) is 2. The lowest BCUT2D eigenvalue weighted by molar-refractivity contribution is 0.102. The Kier molecular flexibility index (Phi) is 3.98. The zero-order valence-electron chi connectivity index (χ0n) is 14.9. The van der Waals surface area contributed by atoms with Crippen LogP contribution in [0.2, 0.25) is 0 Å².